The number of rotatable bonds is 7. The van der Waals surface area contributed by atoms with Gasteiger partial charge in [0.15, 0.2) is 0 Å². The molecule has 0 radical (unpaired) electrons. The molecule has 23 heavy (non-hydrogen) atoms. The Morgan fingerprint density at radius 3 is 2.74 bits per heavy atom. The van der Waals surface area contributed by atoms with Gasteiger partial charge in [-0.3, -0.25) is 9.59 Å². The fourth-order valence-corrected chi connectivity index (χ4v) is 2.77. The Hall–Kier alpha value is -1.88. The van der Waals surface area contributed by atoms with Gasteiger partial charge < -0.3 is 15.1 Å². The predicted octanol–water partition coefficient (Wildman–Crippen LogP) is 1.89. The summed E-state index contributed by atoms with van der Waals surface area (Å²) in [4.78, 5) is 28.4. The first-order valence-electron chi connectivity index (χ1n) is 8.36. The summed E-state index contributed by atoms with van der Waals surface area (Å²) < 4.78 is 0. The van der Waals surface area contributed by atoms with Gasteiger partial charge in [0.2, 0.25) is 11.8 Å². The van der Waals surface area contributed by atoms with Crippen LogP contribution >= 0.6 is 0 Å². The summed E-state index contributed by atoms with van der Waals surface area (Å²) in [5.74, 6) is -0.251. The van der Waals surface area contributed by atoms with Crippen LogP contribution in [-0.2, 0) is 9.59 Å². The third-order valence-corrected chi connectivity index (χ3v) is 4.67. The molecule has 0 aromatic heterocycles. The van der Waals surface area contributed by atoms with Crippen LogP contribution < -0.4 is 10.2 Å². The number of benzene rings is 1. The Morgan fingerprint density at radius 2 is 2.09 bits per heavy atom. The molecule has 0 aliphatic carbocycles. The Labute approximate surface area is 138 Å². The highest BCUT2D eigenvalue weighted by atomic mass is 16.2. The zero-order valence-electron chi connectivity index (χ0n) is 14.3. The van der Waals surface area contributed by atoms with Crippen molar-refractivity contribution in [3.8, 4) is 0 Å². The summed E-state index contributed by atoms with van der Waals surface area (Å²) in [5.41, 5.74) is 0.865. The van der Waals surface area contributed by atoms with E-state index in [1.54, 1.807) is 4.90 Å². The van der Waals surface area contributed by atoms with Crippen molar-refractivity contribution < 1.29 is 9.59 Å². The number of nitrogens with zero attached hydrogens (tertiary/aromatic N) is 2. The lowest BCUT2D eigenvalue weighted by Gasteiger charge is -2.23. The van der Waals surface area contributed by atoms with Gasteiger partial charge in [-0.2, -0.15) is 0 Å². The van der Waals surface area contributed by atoms with Gasteiger partial charge >= 0.3 is 0 Å². The minimum atomic E-state index is -0.253. The standard InChI is InChI=1S/C18H27N3O2/c1-4-14(2)20(3)11-10-19-18(23)15-12-17(22)21(13-15)16-8-6-5-7-9-16/h5-9,14-15H,4,10-13H2,1-3H3,(H,19,23)/t14-,15+/m1/s1. The van der Waals surface area contributed by atoms with Crippen molar-refractivity contribution in [2.24, 2.45) is 5.92 Å². The van der Waals surface area contributed by atoms with Crippen molar-refractivity contribution in [1.29, 1.82) is 0 Å². The summed E-state index contributed by atoms with van der Waals surface area (Å²) in [5, 5.41) is 2.97. The first-order chi connectivity index (χ1) is 11.0. The van der Waals surface area contributed by atoms with E-state index in [4.69, 9.17) is 0 Å². The lowest BCUT2D eigenvalue weighted by Crippen LogP contribution is -2.39. The van der Waals surface area contributed by atoms with Gasteiger partial charge in [0.1, 0.15) is 0 Å². The number of amides is 2. The molecular weight excluding hydrogens is 290 g/mol. The van der Waals surface area contributed by atoms with Crippen molar-refractivity contribution in [3.05, 3.63) is 30.3 Å². The Kier molecular flexibility index (Phi) is 6.16. The second-order valence-corrected chi connectivity index (χ2v) is 6.27. The van der Waals surface area contributed by atoms with Gasteiger partial charge in [-0.1, -0.05) is 25.1 Å². The van der Waals surface area contributed by atoms with Crippen molar-refractivity contribution in [1.82, 2.24) is 10.2 Å². The van der Waals surface area contributed by atoms with Crippen LogP contribution in [0.15, 0.2) is 30.3 Å². The smallest absolute Gasteiger partial charge is 0.227 e. The third kappa shape index (κ3) is 4.55. The molecule has 0 spiro atoms. The maximum absolute atomic E-state index is 12.3. The number of carbonyl (C=O) groups is 2. The van der Waals surface area contributed by atoms with Gasteiger partial charge in [0.25, 0.3) is 0 Å². The quantitative estimate of drug-likeness (QED) is 0.835. The highest BCUT2D eigenvalue weighted by molar-refractivity contribution is 6.00. The Balaban J connectivity index is 1.81. The molecule has 1 aromatic rings. The van der Waals surface area contributed by atoms with Gasteiger partial charge in [-0.05, 0) is 32.5 Å². The second kappa shape index (κ2) is 8.11. The van der Waals surface area contributed by atoms with Crippen molar-refractivity contribution >= 4 is 17.5 Å². The average molecular weight is 317 g/mol. The number of likely N-dealkylation sites (N-methyl/N-ethyl adjacent to an activating group) is 1. The lowest BCUT2D eigenvalue weighted by atomic mass is 10.1. The zero-order chi connectivity index (χ0) is 16.8. The highest BCUT2D eigenvalue weighted by Gasteiger charge is 2.34. The topological polar surface area (TPSA) is 52.7 Å². The molecule has 2 atom stereocenters. The van der Waals surface area contributed by atoms with E-state index in [-0.39, 0.29) is 17.7 Å². The molecule has 1 fully saturated rings. The van der Waals surface area contributed by atoms with E-state index in [1.807, 2.05) is 30.3 Å². The summed E-state index contributed by atoms with van der Waals surface area (Å²) in [6.45, 7) is 6.24. The second-order valence-electron chi connectivity index (χ2n) is 6.27. The largest absolute Gasteiger partial charge is 0.355 e. The molecule has 5 heteroatoms. The molecule has 0 bridgehead atoms. The summed E-state index contributed by atoms with van der Waals surface area (Å²) in [7, 11) is 2.07. The molecule has 1 aliphatic heterocycles. The van der Waals surface area contributed by atoms with E-state index in [0.29, 0.717) is 25.6 Å². The molecule has 1 aliphatic rings. The van der Waals surface area contributed by atoms with E-state index >= 15 is 0 Å². The zero-order valence-corrected chi connectivity index (χ0v) is 14.3. The number of carbonyl (C=O) groups excluding carboxylic acids is 2. The molecule has 2 amide bonds. The number of hydrogen-bond donors (Lipinski definition) is 1. The third-order valence-electron chi connectivity index (χ3n) is 4.67. The Bertz CT molecular complexity index is 532. The number of hydrogen-bond acceptors (Lipinski definition) is 3. The molecule has 2 rings (SSSR count). The van der Waals surface area contributed by atoms with E-state index in [2.05, 4.69) is 31.1 Å². The highest BCUT2D eigenvalue weighted by Crippen LogP contribution is 2.24. The van der Waals surface area contributed by atoms with Crippen LogP contribution in [0.2, 0.25) is 0 Å². The molecule has 1 N–H and O–H groups in total. The Morgan fingerprint density at radius 1 is 1.39 bits per heavy atom. The molecule has 5 nitrogen and oxygen atoms in total. The van der Waals surface area contributed by atoms with Gasteiger partial charge in [0, 0.05) is 37.8 Å². The van der Waals surface area contributed by atoms with Crippen LogP contribution in [0.3, 0.4) is 0 Å². The van der Waals surface area contributed by atoms with Crippen LogP contribution in [0.5, 0.6) is 0 Å². The van der Waals surface area contributed by atoms with Crippen molar-refractivity contribution in [3.63, 3.8) is 0 Å². The van der Waals surface area contributed by atoms with Crippen LogP contribution in [-0.4, -0.2) is 49.4 Å². The number of para-hydroxylation sites is 1. The van der Waals surface area contributed by atoms with E-state index in [9.17, 15) is 9.59 Å². The maximum Gasteiger partial charge on any atom is 0.227 e. The van der Waals surface area contributed by atoms with Gasteiger partial charge in [-0.15, -0.1) is 0 Å². The fourth-order valence-electron chi connectivity index (χ4n) is 2.77. The summed E-state index contributed by atoms with van der Waals surface area (Å²) in [6.07, 6.45) is 1.38. The molecular formula is C18H27N3O2. The maximum atomic E-state index is 12.3. The number of nitrogens with one attached hydrogen (secondary N) is 1. The van der Waals surface area contributed by atoms with Crippen LogP contribution in [0, 0.1) is 5.92 Å². The molecule has 1 aromatic carbocycles. The molecule has 126 valence electrons. The monoisotopic (exact) mass is 317 g/mol. The number of anilines is 1. The normalized spacial score (nSPS) is 19.2. The van der Waals surface area contributed by atoms with E-state index in [1.165, 1.54) is 0 Å². The molecule has 1 saturated heterocycles. The van der Waals surface area contributed by atoms with Crippen molar-refractivity contribution in [2.75, 3.05) is 31.6 Å². The van der Waals surface area contributed by atoms with Crippen LogP contribution in [0.25, 0.3) is 0 Å². The van der Waals surface area contributed by atoms with Crippen LogP contribution in [0.1, 0.15) is 26.7 Å². The predicted molar refractivity (Wildman–Crippen MR) is 92.3 cm³/mol. The van der Waals surface area contributed by atoms with E-state index < -0.39 is 0 Å². The van der Waals surface area contributed by atoms with Gasteiger partial charge in [0.05, 0.1) is 5.92 Å². The SMILES string of the molecule is CC[C@@H](C)N(C)CCNC(=O)[C@H]1CC(=O)N(c2ccccc2)C1. The first-order valence-corrected chi connectivity index (χ1v) is 8.36. The van der Waals surface area contributed by atoms with E-state index in [0.717, 1.165) is 18.7 Å². The average Bonchev–Trinajstić information content (AvgIpc) is 2.96. The van der Waals surface area contributed by atoms with Crippen LogP contribution in [0.4, 0.5) is 5.69 Å². The summed E-state index contributed by atoms with van der Waals surface area (Å²) in [6, 6.07) is 10.0. The van der Waals surface area contributed by atoms with Crippen molar-refractivity contribution in [2.45, 2.75) is 32.7 Å². The molecule has 1 heterocycles. The minimum Gasteiger partial charge on any atom is -0.355 e. The van der Waals surface area contributed by atoms with Gasteiger partial charge in [-0.25, -0.2) is 0 Å². The fraction of sp³-hybridized carbons (Fsp3) is 0.556. The lowest BCUT2D eigenvalue weighted by molar-refractivity contribution is -0.126. The molecule has 0 saturated carbocycles. The molecule has 0 unspecified atom stereocenters. The summed E-state index contributed by atoms with van der Waals surface area (Å²) >= 11 is 0. The first kappa shape index (κ1) is 17.5. The minimum absolute atomic E-state index is 0.0191.